The summed E-state index contributed by atoms with van der Waals surface area (Å²) in [6.07, 6.45) is 2.78. The van der Waals surface area contributed by atoms with Gasteiger partial charge in [-0.2, -0.15) is 5.10 Å². The maximum atomic E-state index is 12.3. The normalized spacial score (nSPS) is 17.7. The van der Waals surface area contributed by atoms with Crippen molar-refractivity contribution in [2.45, 2.75) is 31.7 Å². The van der Waals surface area contributed by atoms with E-state index in [1.54, 1.807) is 17.9 Å². The van der Waals surface area contributed by atoms with Crippen LogP contribution < -0.4 is 5.32 Å². The topological polar surface area (TPSA) is 93.5 Å². The monoisotopic (exact) mass is 281 g/mol. The van der Waals surface area contributed by atoms with Gasteiger partial charge >= 0.3 is 5.97 Å². The lowest BCUT2D eigenvalue weighted by Crippen LogP contribution is -2.57. The molecule has 0 atom stereocenters. The molecule has 0 saturated carbocycles. The van der Waals surface area contributed by atoms with Crippen LogP contribution in [0.1, 0.15) is 35.8 Å². The molecule has 0 bridgehead atoms. The van der Waals surface area contributed by atoms with Crippen LogP contribution in [0.2, 0.25) is 0 Å². The number of nitrogens with one attached hydrogen (secondary N) is 1. The van der Waals surface area contributed by atoms with Gasteiger partial charge in [0.15, 0.2) is 0 Å². The molecule has 0 aromatic carbocycles. The Hall–Kier alpha value is -1.89. The number of aromatic nitrogens is 2. The number of aliphatic carboxylic acids is 1. The third-order valence-corrected chi connectivity index (χ3v) is 3.59. The van der Waals surface area contributed by atoms with Crippen LogP contribution in [0.3, 0.4) is 0 Å². The van der Waals surface area contributed by atoms with Crippen molar-refractivity contribution in [2.75, 3.05) is 13.2 Å². The van der Waals surface area contributed by atoms with Crippen LogP contribution in [-0.4, -0.2) is 45.5 Å². The second-order valence-electron chi connectivity index (χ2n) is 4.97. The van der Waals surface area contributed by atoms with E-state index >= 15 is 0 Å². The Labute approximate surface area is 116 Å². The van der Waals surface area contributed by atoms with Crippen LogP contribution in [0, 0.1) is 0 Å². The van der Waals surface area contributed by atoms with Crippen molar-refractivity contribution in [1.29, 1.82) is 0 Å². The smallest absolute Gasteiger partial charge is 0.329 e. The maximum absolute atomic E-state index is 12.3. The van der Waals surface area contributed by atoms with Gasteiger partial charge in [0.1, 0.15) is 5.54 Å². The SMILES string of the molecule is CCc1nn(C)cc1C(=O)NC1(C(=O)O)CCOCC1. The van der Waals surface area contributed by atoms with Gasteiger partial charge in [0, 0.05) is 39.3 Å². The molecular weight excluding hydrogens is 262 g/mol. The van der Waals surface area contributed by atoms with Crippen molar-refractivity contribution in [3.63, 3.8) is 0 Å². The van der Waals surface area contributed by atoms with E-state index in [9.17, 15) is 14.7 Å². The van der Waals surface area contributed by atoms with E-state index in [0.717, 1.165) is 0 Å². The predicted octanol–water partition coefficient (Wildman–Crippen LogP) is 0.346. The maximum Gasteiger partial charge on any atom is 0.329 e. The molecule has 1 aromatic heterocycles. The second-order valence-corrected chi connectivity index (χ2v) is 4.97. The summed E-state index contributed by atoms with van der Waals surface area (Å²) in [5.41, 5.74) is -0.143. The highest BCUT2D eigenvalue weighted by Gasteiger charge is 2.42. The fourth-order valence-corrected chi connectivity index (χ4v) is 2.38. The predicted molar refractivity (Wildman–Crippen MR) is 70.5 cm³/mol. The fourth-order valence-electron chi connectivity index (χ4n) is 2.38. The van der Waals surface area contributed by atoms with E-state index in [4.69, 9.17) is 4.74 Å². The Morgan fingerprint density at radius 2 is 2.15 bits per heavy atom. The molecule has 0 spiro atoms. The summed E-state index contributed by atoms with van der Waals surface area (Å²) in [6, 6.07) is 0. The van der Waals surface area contributed by atoms with Crippen LogP contribution in [0.5, 0.6) is 0 Å². The number of carboxylic acids is 1. The number of carbonyl (C=O) groups is 2. The van der Waals surface area contributed by atoms with Crippen LogP contribution in [0.15, 0.2) is 6.20 Å². The highest BCUT2D eigenvalue weighted by Crippen LogP contribution is 2.22. The summed E-state index contributed by atoms with van der Waals surface area (Å²) >= 11 is 0. The third kappa shape index (κ3) is 2.67. The Bertz CT molecular complexity index is 518. The number of ether oxygens (including phenoxy) is 1. The standard InChI is InChI=1S/C13H19N3O4/c1-3-10-9(8-16(2)15-10)11(17)14-13(12(18)19)4-6-20-7-5-13/h8H,3-7H2,1-2H3,(H,14,17)(H,18,19). The molecule has 1 saturated heterocycles. The largest absolute Gasteiger partial charge is 0.480 e. The van der Waals surface area contributed by atoms with Crippen molar-refractivity contribution in [3.8, 4) is 0 Å². The van der Waals surface area contributed by atoms with Gasteiger partial charge in [-0.15, -0.1) is 0 Å². The van der Waals surface area contributed by atoms with Crippen molar-refractivity contribution < 1.29 is 19.4 Å². The number of hydrogen-bond donors (Lipinski definition) is 2. The van der Waals surface area contributed by atoms with E-state index in [-0.39, 0.29) is 18.7 Å². The molecule has 2 heterocycles. The fraction of sp³-hybridized carbons (Fsp3) is 0.615. The average Bonchev–Trinajstić information content (AvgIpc) is 2.81. The minimum absolute atomic E-state index is 0.274. The molecule has 1 aromatic rings. The minimum Gasteiger partial charge on any atom is -0.480 e. The molecular formula is C13H19N3O4. The highest BCUT2D eigenvalue weighted by molar-refractivity contribution is 5.98. The lowest BCUT2D eigenvalue weighted by Gasteiger charge is -2.33. The molecule has 0 unspecified atom stereocenters. The first-order chi connectivity index (χ1) is 9.48. The zero-order valence-corrected chi connectivity index (χ0v) is 11.7. The molecule has 0 radical (unpaired) electrons. The summed E-state index contributed by atoms with van der Waals surface area (Å²) in [7, 11) is 1.73. The van der Waals surface area contributed by atoms with Gasteiger partial charge in [0.2, 0.25) is 0 Å². The van der Waals surface area contributed by atoms with Gasteiger partial charge in [0.25, 0.3) is 5.91 Å². The molecule has 0 aliphatic carbocycles. The summed E-state index contributed by atoms with van der Waals surface area (Å²) in [5, 5.41) is 16.3. The molecule has 1 aliphatic rings. The van der Waals surface area contributed by atoms with E-state index in [1.807, 2.05) is 6.92 Å². The van der Waals surface area contributed by atoms with Crippen LogP contribution in [0.25, 0.3) is 0 Å². The van der Waals surface area contributed by atoms with E-state index in [0.29, 0.717) is 30.9 Å². The van der Waals surface area contributed by atoms with E-state index in [1.165, 1.54) is 0 Å². The quantitative estimate of drug-likeness (QED) is 0.830. The lowest BCUT2D eigenvalue weighted by atomic mass is 9.89. The second kappa shape index (κ2) is 5.62. The van der Waals surface area contributed by atoms with Crippen molar-refractivity contribution in [3.05, 3.63) is 17.5 Å². The van der Waals surface area contributed by atoms with E-state index < -0.39 is 11.5 Å². The summed E-state index contributed by atoms with van der Waals surface area (Å²) in [6.45, 7) is 2.57. The number of aryl methyl sites for hydroxylation is 2. The van der Waals surface area contributed by atoms with E-state index in [2.05, 4.69) is 10.4 Å². The molecule has 7 heteroatoms. The van der Waals surface area contributed by atoms with Crippen molar-refractivity contribution in [2.24, 2.45) is 7.05 Å². The highest BCUT2D eigenvalue weighted by atomic mass is 16.5. The van der Waals surface area contributed by atoms with Crippen LogP contribution in [-0.2, 0) is 23.0 Å². The summed E-state index contributed by atoms with van der Waals surface area (Å²) < 4.78 is 6.74. The summed E-state index contributed by atoms with van der Waals surface area (Å²) in [5.74, 6) is -1.41. The van der Waals surface area contributed by atoms with Crippen LogP contribution >= 0.6 is 0 Å². The lowest BCUT2D eigenvalue weighted by molar-refractivity contribution is -0.148. The van der Waals surface area contributed by atoms with Gasteiger partial charge < -0.3 is 15.2 Å². The summed E-state index contributed by atoms with van der Waals surface area (Å²) in [4.78, 5) is 23.9. The Morgan fingerprint density at radius 3 is 2.70 bits per heavy atom. The number of carboxylic acid groups (broad SMARTS) is 1. The van der Waals surface area contributed by atoms with Crippen LogP contribution in [0.4, 0.5) is 0 Å². The van der Waals surface area contributed by atoms with Gasteiger partial charge in [-0.1, -0.05) is 6.92 Å². The van der Waals surface area contributed by atoms with Gasteiger partial charge in [-0.3, -0.25) is 9.48 Å². The first kappa shape index (κ1) is 14.5. The number of carbonyl (C=O) groups excluding carboxylic acids is 1. The van der Waals surface area contributed by atoms with Gasteiger partial charge in [-0.05, 0) is 6.42 Å². The molecule has 2 rings (SSSR count). The number of rotatable bonds is 4. The first-order valence-corrected chi connectivity index (χ1v) is 6.64. The number of nitrogens with zero attached hydrogens (tertiary/aromatic N) is 2. The Kier molecular flexibility index (Phi) is 4.08. The first-order valence-electron chi connectivity index (χ1n) is 6.64. The molecule has 1 aliphatic heterocycles. The third-order valence-electron chi connectivity index (χ3n) is 3.59. The number of amides is 1. The Morgan fingerprint density at radius 1 is 1.50 bits per heavy atom. The van der Waals surface area contributed by atoms with Crippen molar-refractivity contribution in [1.82, 2.24) is 15.1 Å². The van der Waals surface area contributed by atoms with Gasteiger partial charge in [0.05, 0.1) is 11.3 Å². The molecule has 1 amide bonds. The molecule has 1 fully saturated rings. The van der Waals surface area contributed by atoms with Crippen molar-refractivity contribution >= 4 is 11.9 Å². The Balaban J connectivity index is 2.22. The molecule has 110 valence electrons. The van der Waals surface area contributed by atoms with Gasteiger partial charge in [-0.25, -0.2) is 4.79 Å². The minimum atomic E-state index is -1.24. The average molecular weight is 281 g/mol. The number of hydrogen-bond acceptors (Lipinski definition) is 4. The molecule has 2 N–H and O–H groups in total. The molecule has 7 nitrogen and oxygen atoms in total. The molecule has 20 heavy (non-hydrogen) atoms. The zero-order valence-electron chi connectivity index (χ0n) is 11.7. The zero-order chi connectivity index (χ0) is 14.8.